The monoisotopic (exact) mass is 263 g/mol. The molecule has 92 valence electrons. The maximum Gasteiger partial charge on any atom is 0.252 e. The van der Waals surface area contributed by atoms with Crippen LogP contribution in [0.2, 0.25) is 5.02 Å². The van der Waals surface area contributed by atoms with Crippen molar-refractivity contribution in [3.8, 4) is 17.2 Å². The molecule has 0 bridgehead atoms. The highest BCUT2D eigenvalue weighted by molar-refractivity contribution is 6.30. The summed E-state index contributed by atoms with van der Waals surface area (Å²) in [7, 11) is 0. The molecule has 0 aliphatic rings. The van der Waals surface area contributed by atoms with E-state index >= 15 is 0 Å². The van der Waals surface area contributed by atoms with Crippen LogP contribution in [-0.4, -0.2) is 11.0 Å². The predicted octanol–water partition coefficient (Wildman–Crippen LogP) is 2.94. The average Bonchev–Trinajstić information content (AvgIpc) is 2.32. The minimum absolute atomic E-state index is 0.0344. The summed E-state index contributed by atoms with van der Waals surface area (Å²) < 4.78 is 5.45. The Bertz CT molecular complexity index is 599. The van der Waals surface area contributed by atoms with E-state index in [1.807, 2.05) is 0 Å². The molecule has 2 aromatic carbocycles. The number of rotatable bonds is 3. The number of benzene rings is 2. The molecule has 0 atom stereocenters. The van der Waals surface area contributed by atoms with Gasteiger partial charge in [0.15, 0.2) is 11.5 Å². The lowest BCUT2D eigenvalue weighted by molar-refractivity contribution is 0.0998. The molecule has 0 heterocycles. The van der Waals surface area contributed by atoms with Crippen molar-refractivity contribution < 1.29 is 14.6 Å². The molecule has 18 heavy (non-hydrogen) atoms. The van der Waals surface area contributed by atoms with E-state index in [-0.39, 0.29) is 22.8 Å². The maximum atomic E-state index is 11.2. The first-order chi connectivity index (χ1) is 8.58. The van der Waals surface area contributed by atoms with Gasteiger partial charge in [-0.05, 0) is 24.3 Å². The van der Waals surface area contributed by atoms with Crippen molar-refractivity contribution >= 4 is 17.5 Å². The molecule has 2 rings (SSSR count). The quantitative estimate of drug-likeness (QED) is 0.894. The van der Waals surface area contributed by atoms with E-state index in [9.17, 15) is 9.90 Å². The zero-order chi connectivity index (χ0) is 13.1. The van der Waals surface area contributed by atoms with Crippen molar-refractivity contribution in [2.24, 2.45) is 5.73 Å². The molecule has 2 aromatic rings. The standard InChI is InChI=1S/C13H10ClNO3/c14-8-5-6-9(13(15)17)12(7-8)18-11-4-2-1-3-10(11)16/h1-7,16H,(H2,15,17). The third-order valence-electron chi connectivity index (χ3n) is 2.29. The van der Waals surface area contributed by atoms with Crippen LogP contribution in [0.25, 0.3) is 0 Å². The van der Waals surface area contributed by atoms with Crippen LogP contribution in [0.1, 0.15) is 10.4 Å². The van der Waals surface area contributed by atoms with Gasteiger partial charge >= 0.3 is 0 Å². The van der Waals surface area contributed by atoms with Crippen molar-refractivity contribution in [2.75, 3.05) is 0 Å². The Balaban J connectivity index is 2.42. The first kappa shape index (κ1) is 12.3. The number of halogens is 1. The molecule has 0 aliphatic heterocycles. The molecule has 5 heteroatoms. The van der Waals surface area contributed by atoms with Crippen molar-refractivity contribution in [1.29, 1.82) is 0 Å². The molecule has 0 saturated heterocycles. The molecule has 0 aromatic heterocycles. The molecular formula is C13H10ClNO3. The van der Waals surface area contributed by atoms with Gasteiger partial charge in [-0.3, -0.25) is 4.79 Å². The number of amides is 1. The van der Waals surface area contributed by atoms with Crippen LogP contribution in [-0.2, 0) is 0 Å². The second kappa shape index (κ2) is 4.98. The average molecular weight is 264 g/mol. The summed E-state index contributed by atoms with van der Waals surface area (Å²) in [4.78, 5) is 11.2. The number of para-hydroxylation sites is 2. The Hall–Kier alpha value is -2.20. The van der Waals surface area contributed by atoms with Gasteiger partial charge in [-0.25, -0.2) is 0 Å². The third kappa shape index (κ3) is 2.55. The molecule has 0 radical (unpaired) electrons. The first-order valence-corrected chi connectivity index (χ1v) is 5.51. The maximum absolute atomic E-state index is 11.2. The van der Waals surface area contributed by atoms with E-state index in [1.54, 1.807) is 24.3 Å². The van der Waals surface area contributed by atoms with Crippen LogP contribution in [0.4, 0.5) is 0 Å². The number of primary amides is 1. The Morgan fingerprint density at radius 3 is 2.56 bits per heavy atom. The lowest BCUT2D eigenvalue weighted by atomic mass is 10.2. The van der Waals surface area contributed by atoms with Crippen LogP contribution in [0.15, 0.2) is 42.5 Å². The van der Waals surface area contributed by atoms with Crippen LogP contribution in [0.5, 0.6) is 17.2 Å². The van der Waals surface area contributed by atoms with Crippen LogP contribution in [0.3, 0.4) is 0 Å². The number of hydrogen-bond donors (Lipinski definition) is 2. The molecule has 0 spiro atoms. The molecule has 0 fully saturated rings. The van der Waals surface area contributed by atoms with Crippen LogP contribution >= 0.6 is 11.6 Å². The first-order valence-electron chi connectivity index (χ1n) is 5.13. The molecule has 1 amide bonds. The molecule has 0 saturated carbocycles. The van der Waals surface area contributed by atoms with Gasteiger partial charge in [-0.1, -0.05) is 23.7 Å². The number of phenols is 1. The highest BCUT2D eigenvalue weighted by Gasteiger charge is 2.12. The molecule has 4 nitrogen and oxygen atoms in total. The smallest absolute Gasteiger partial charge is 0.252 e. The minimum atomic E-state index is -0.628. The van der Waals surface area contributed by atoms with Crippen molar-refractivity contribution in [3.05, 3.63) is 53.1 Å². The summed E-state index contributed by atoms with van der Waals surface area (Å²) in [5, 5.41) is 10.0. The number of phenolic OH excluding ortho intramolecular Hbond substituents is 1. The SMILES string of the molecule is NC(=O)c1ccc(Cl)cc1Oc1ccccc1O. The van der Waals surface area contributed by atoms with E-state index in [2.05, 4.69) is 0 Å². The number of aromatic hydroxyl groups is 1. The second-order valence-corrected chi connectivity index (χ2v) is 4.01. The number of hydrogen-bond acceptors (Lipinski definition) is 3. The lowest BCUT2D eigenvalue weighted by Gasteiger charge is -2.10. The van der Waals surface area contributed by atoms with Crippen molar-refractivity contribution in [1.82, 2.24) is 0 Å². The number of ether oxygens (including phenoxy) is 1. The normalized spacial score (nSPS) is 10.1. The van der Waals surface area contributed by atoms with E-state index in [1.165, 1.54) is 18.2 Å². The lowest BCUT2D eigenvalue weighted by Crippen LogP contribution is -2.12. The predicted molar refractivity (Wildman–Crippen MR) is 68.2 cm³/mol. The summed E-state index contributed by atoms with van der Waals surface area (Å²) in [5.41, 5.74) is 5.43. The van der Waals surface area contributed by atoms with E-state index in [0.717, 1.165) is 0 Å². The Morgan fingerprint density at radius 2 is 1.89 bits per heavy atom. The summed E-state index contributed by atoms with van der Waals surface area (Å²) in [6.07, 6.45) is 0. The minimum Gasteiger partial charge on any atom is -0.504 e. The Kier molecular flexibility index (Phi) is 3.39. The largest absolute Gasteiger partial charge is 0.504 e. The third-order valence-corrected chi connectivity index (χ3v) is 2.53. The second-order valence-electron chi connectivity index (χ2n) is 3.57. The number of nitrogens with two attached hydrogens (primary N) is 1. The number of carbonyl (C=O) groups excluding carboxylic acids is 1. The van der Waals surface area contributed by atoms with Gasteiger partial charge in [0.05, 0.1) is 5.56 Å². The topological polar surface area (TPSA) is 72.6 Å². The summed E-state index contributed by atoms with van der Waals surface area (Å²) >= 11 is 5.83. The summed E-state index contributed by atoms with van der Waals surface area (Å²) in [5.74, 6) is -0.233. The van der Waals surface area contributed by atoms with Gasteiger partial charge in [0.25, 0.3) is 5.91 Å². The summed E-state index contributed by atoms with van der Waals surface area (Å²) in [6, 6.07) is 10.9. The molecule has 3 N–H and O–H groups in total. The highest BCUT2D eigenvalue weighted by atomic mass is 35.5. The van der Waals surface area contributed by atoms with Gasteiger partial charge in [0, 0.05) is 11.1 Å². The Labute approximate surface area is 109 Å². The molecular weight excluding hydrogens is 254 g/mol. The fourth-order valence-electron chi connectivity index (χ4n) is 1.45. The molecule has 0 aliphatic carbocycles. The fourth-order valence-corrected chi connectivity index (χ4v) is 1.61. The van der Waals surface area contributed by atoms with Gasteiger partial charge in [0.2, 0.25) is 0 Å². The van der Waals surface area contributed by atoms with Crippen LogP contribution < -0.4 is 10.5 Å². The van der Waals surface area contributed by atoms with Gasteiger partial charge < -0.3 is 15.6 Å². The van der Waals surface area contributed by atoms with Gasteiger partial charge in [0.1, 0.15) is 5.75 Å². The zero-order valence-corrected chi connectivity index (χ0v) is 10.0. The zero-order valence-electron chi connectivity index (χ0n) is 9.26. The van der Waals surface area contributed by atoms with Crippen LogP contribution in [0, 0.1) is 0 Å². The number of carbonyl (C=O) groups is 1. The van der Waals surface area contributed by atoms with E-state index in [4.69, 9.17) is 22.1 Å². The van der Waals surface area contributed by atoms with E-state index in [0.29, 0.717) is 5.02 Å². The van der Waals surface area contributed by atoms with Crippen molar-refractivity contribution in [2.45, 2.75) is 0 Å². The van der Waals surface area contributed by atoms with Gasteiger partial charge in [-0.15, -0.1) is 0 Å². The van der Waals surface area contributed by atoms with E-state index < -0.39 is 5.91 Å². The molecule has 0 unspecified atom stereocenters. The van der Waals surface area contributed by atoms with Crippen molar-refractivity contribution in [3.63, 3.8) is 0 Å². The fraction of sp³-hybridized carbons (Fsp3) is 0. The summed E-state index contributed by atoms with van der Waals surface area (Å²) in [6.45, 7) is 0. The van der Waals surface area contributed by atoms with Gasteiger partial charge in [-0.2, -0.15) is 0 Å². The highest BCUT2D eigenvalue weighted by Crippen LogP contribution is 2.33. The Morgan fingerprint density at radius 1 is 1.17 bits per heavy atom.